The summed E-state index contributed by atoms with van der Waals surface area (Å²) in [7, 11) is 0. The zero-order valence-corrected chi connectivity index (χ0v) is 29.5. The number of pyridine rings is 2. The van der Waals surface area contributed by atoms with Crippen LogP contribution in [-0.2, 0) is 20.1 Å². The Balaban J connectivity index is 0.000000209. The largest absolute Gasteiger partial charge is 0 e. The Bertz CT molecular complexity index is 2070. The maximum Gasteiger partial charge on any atom is 0 e. The van der Waals surface area contributed by atoms with E-state index in [0.717, 1.165) is 26.9 Å². The second-order valence-corrected chi connectivity index (χ2v) is 22.9. The summed E-state index contributed by atoms with van der Waals surface area (Å²) in [6, 6.07) is 42.8. The van der Waals surface area contributed by atoms with Gasteiger partial charge in [0.05, 0.1) is 0 Å². The third-order valence-corrected chi connectivity index (χ3v) is 12.6. The molecule has 43 heavy (non-hydrogen) atoms. The Morgan fingerprint density at radius 2 is 1.56 bits per heavy atom. The zero-order valence-electron chi connectivity index (χ0n) is 27.2. The number of aromatic nitrogens is 2. The Labute approximate surface area is 278 Å². The van der Waals surface area contributed by atoms with Gasteiger partial charge in [0.1, 0.15) is 0 Å². The monoisotopic (exact) mass is 818 g/mol. The number of rotatable bonds is 4. The molecule has 0 saturated heterocycles. The van der Waals surface area contributed by atoms with Crippen molar-refractivity contribution < 1.29 is 24.2 Å². The molecule has 1 radical (unpaired) electrons. The smallest absolute Gasteiger partial charge is 0 e. The van der Waals surface area contributed by atoms with Gasteiger partial charge in [0.2, 0.25) is 0 Å². The van der Waals surface area contributed by atoms with Gasteiger partial charge in [-0.1, -0.05) is 59.5 Å². The van der Waals surface area contributed by atoms with Crippen LogP contribution >= 0.6 is 11.3 Å². The first kappa shape index (κ1) is 27.2. The van der Waals surface area contributed by atoms with Crippen molar-refractivity contribution in [3.05, 3.63) is 139 Å². The van der Waals surface area contributed by atoms with Gasteiger partial charge in [-0.3, -0.25) is 0 Å². The normalized spacial score (nSPS) is 12.4. The Morgan fingerprint density at radius 1 is 0.721 bits per heavy atom. The average molecular weight is 817 g/mol. The van der Waals surface area contributed by atoms with Crippen molar-refractivity contribution in [3.8, 4) is 33.6 Å². The first-order valence-corrected chi connectivity index (χ1v) is 22.1. The van der Waals surface area contributed by atoms with Crippen molar-refractivity contribution in [2.45, 2.75) is 24.1 Å². The van der Waals surface area contributed by atoms with E-state index in [1.165, 1.54) is 25.6 Å². The summed E-state index contributed by atoms with van der Waals surface area (Å²) < 4.78 is 26.8. The molecular formula is C38H32GeIrN2S-2. The van der Waals surface area contributed by atoms with Gasteiger partial charge in [0.15, 0.2) is 0 Å². The number of hydrogen-bond acceptors (Lipinski definition) is 3. The summed E-state index contributed by atoms with van der Waals surface area (Å²) >= 11 is -0.0225. The first-order valence-electron chi connectivity index (χ1n) is 15.4. The topological polar surface area (TPSA) is 25.8 Å². The van der Waals surface area contributed by atoms with Crippen molar-refractivity contribution >= 4 is 49.2 Å². The maximum atomic E-state index is 7.69. The van der Waals surface area contributed by atoms with Gasteiger partial charge < -0.3 is 4.98 Å². The van der Waals surface area contributed by atoms with Gasteiger partial charge in [0.25, 0.3) is 0 Å². The fourth-order valence-corrected chi connectivity index (χ4v) is 8.28. The van der Waals surface area contributed by atoms with E-state index in [4.69, 9.17) is 4.11 Å². The number of thiophene rings is 1. The summed E-state index contributed by atoms with van der Waals surface area (Å²) in [5, 5.41) is 2.33. The second-order valence-electron chi connectivity index (χ2n) is 11.2. The number of benzene rings is 4. The maximum absolute atomic E-state index is 7.69. The quantitative estimate of drug-likeness (QED) is 0.131. The molecule has 5 heteroatoms. The van der Waals surface area contributed by atoms with E-state index < -0.39 is 20.1 Å². The minimum Gasteiger partial charge on any atom is 0 e. The number of aryl methyl sites for hydroxylation is 1. The third kappa shape index (κ3) is 7.05. The first-order chi connectivity index (χ1) is 21.6. The van der Waals surface area contributed by atoms with Gasteiger partial charge in [-0.25, -0.2) is 0 Å². The standard InChI is InChI=1S/C24H16NS.C14H16GeN.Ir/c1-16-12-13-25-22(14-16)21-9-5-8-20-19-11-10-18(15-23(19)26-24(20)21)17-6-3-2-4-7-17;1-15(2,3)13-9-10-14(16-11-13)12-7-5-4-6-8-12;/h2-8,10-15H,1H3;4-7,9-11H,1-3H3;/q2*-1;/i1D3;;. The summed E-state index contributed by atoms with van der Waals surface area (Å²) in [6.07, 6.45) is 3.60. The molecule has 0 bridgehead atoms. The van der Waals surface area contributed by atoms with Gasteiger partial charge in [0, 0.05) is 35.1 Å². The molecule has 0 saturated carbocycles. The van der Waals surface area contributed by atoms with Crippen molar-refractivity contribution in [2.75, 3.05) is 0 Å². The molecule has 0 aliphatic heterocycles. The predicted octanol–water partition coefficient (Wildman–Crippen LogP) is 9.98. The average Bonchev–Trinajstić information content (AvgIpc) is 3.43. The fraction of sp³-hybridized carbons (Fsp3) is 0.105. The molecule has 0 spiro atoms. The van der Waals surface area contributed by atoms with Crippen LogP contribution in [0, 0.1) is 19.0 Å². The van der Waals surface area contributed by atoms with E-state index in [2.05, 4.69) is 87.9 Å². The number of fused-ring (bicyclic) bond motifs is 3. The molecule has 4 aromatic carbocycles. The Kier molecular flexibility index (Phi) is 8.52. The molecule has 3 heterocycles. The van der Waals surface area contributed by atoms with E-state index in [1.54, 1.807) is 29.7 Å². The molecule has 0 amide bonds. The van der Waals surface area contributed by atoms with Crippen LogP contribution in [0.5, 0.6) is 0 Å². The van der Waals surface area contributed by atoms with Crippen LogP contribution in [0.15, 0.2) is 122 Å². The molecule has 215 valence electrons. The number of hydrogen-bond donors (Lipinski definition) is 0. The molecule has 0 N–H and O–H groups in total. The van der Waals surface area contributed by atoms with E-state index in [1.807, 2.05) is 54.7 Å². The number of nitrogens with zero attached hydrogens (tertiary/aromatic N) is 2. The molecule has 7 aromatic rings. The Hall–Kier alpha value is -3.41. The van der Waals surface area contributed by atoms with Gasteiger partial charge in [-0.15, -0.1) is 23.8 Å². The van der Waals surface area contributed by atoms with Crippen LogP contribution in [0.3, 0.4) is 0 Å². The molecule has 0 atom stereocenters. The second kappa shape index (κ2) is 13.5. The van der Waals surface area contributed by atoms with Crippen LogP contribution < -0.4 is 4.40 Å². The van der Waals surface area contributed by atoms with Gasteiger partial charge in [-0.2, -0.15) is 11.3 Å². The molecular weight excluding hydrogens is 781 g/mol. The molecule has 3 aromatic heterocycles. The van der Waals surface area contributed by atoms with Gasteiger partial charge in [-0.05, 0) is 45.9 Å². The summed E-state index contributed by atoms with van der Waals surface area (Å²) in [4.78, 5) is 8.97. The molecule has 0 aliphatic carbocycles. The van der Waals surface area contributed by atoms with Crippen molar-refractivity contribution in [1.29, 1.82) is 0 Å². The van der Waals surface area contributed by atoms with Crippen molar-refractivity contribution in [3.63, 3.8) is 0 Å². The molecule has 0 fully saturated rings. The minimum absolute atomic E-state index is 0. The predicted molar refractivity (Wildman–Crippen MR) is 183 cm³/mol. The van der Waals surface area contributed by atoms with E-state index >= 15 is 0 Å². The minimum atomic E-state index is -2.16. The molecule has 2 nitrogen and oxygen atoms in total. The van der Waals surface area contributed by atoms with E-state index in [9.17, 15) is 0 Å². The van der Waals surface area contributed by atoms with Crippen molar-refractivity contribution in [1.82, 2.24) is 9.97 Å². The summed E-state index contributed by atoms with van der Waals surface area (Å²) in [5.74, 6) is 7.14. The molecule has 0 unspecified atom stereocenters. The Morgan fingerprint density at radius 3 is 2.28 bits per heavy atom. The van der Waals surface area contributed by atoms with Gasteiger partial charge >= 0.3 is 99.8 Å². The van der Waals surface area contributed by atoms with Crippen LogP contribution in [-0.4, -0.2) is 23.2 Å². The zero-order chi connectivity index (χ0) is 31.6. The SMILES string of the molecule is [2H]C([2H])([2H])c1ccnc(-c2[c-]ccc3c2sc2cc(-c4ccccc4)ccc23)c1.[CH3][Ge]([CH3])([CH3])[c]1ccc(-c2[c-]cccc2)nc1.[Ir]. The van der Waals surface area contributed by atoms with E-state index in [-0.39, 0.29) is 20.1 Å². The van der Waals surface area contributed by atoms with Crippen molar-refractivity contribution in [2.24, 2.45) is 0 Å². The third-order valence-electron chi connectivity index (χ3n) is 7.17. The fourth-order valence-electron chi connectivity index (χ4n) is 4.86. The summed E-state index contributed by atoms with van der Waals surface area (Å²) in [5.41, 5.74) is 6.21. The molecule has 7 rings (SSSR count). The van der Waals surface area contributed by atoms with Crippen LogP contribution in [0.25, 0.3) is 53.8 Å². The van der Waals surface area contributed by atoms with E-state index in [0.29, 0.717) is 11.3 Å². The molecule has 0 aliphatic rings. The van der Waals surface area contributed by atoms with Crippen LogP contribution in [0.1, 0.15) is 9.68 Å². The van der Waals surface area contributed by atoms with Crippen LogP contribution in [0.4, 0.5) is 0 Å². The summed E-state index contributed by atoms with van der Waals surface area (Å²) in [6.45, 7) is -2.16. The van der Waals surface area contributed by atoms with Crippen LogP contribution in [0.2, 0.25) is 17.3 Å².